The van der Waals surface area contributed by atoms with Crippen LogP contribution >= 0.6 is 0 Å². The maximum atomic E-state index is 10.7. The maximum absolute atomic E-state index is 10.7. The number of aromatic nitrogens is 6. The van der Waals surface area contributed by atoms with Crippen molar-refractivity contribution in [2.45, 2.75) is 0 Å². The molecule has 0 radical (unpaired) electrons. The predicted molar refractivity (Wildman–Crippen MR) is 62.3 cm³/mol. The molecule has 0 atom stereocenters. The first kappa shape index (κ1) is 15.9. The summed E-state index contributed by atoms with van der Waals surface area (Å²) in [4.78, 5) is 43.3. The average molecular weight is 344 g/mol. The van der Waals surface area contributed by atoms with Crippen molar-refractivity contribution in [2.24, 2.45) is 10.4 Å². The lowest BCUT2D eigenvalue weighted by Gasteiger charge is -1.87. The molecule has 0 saturated carbocycles. The Morgan fingerprint density at radius 1 is 0.667 bits per heavy atom. The zero-order valence-electron chi connectivity index (χ0n) is 10.6. The van der Waals surface area contributed by atoms with Gasteiger partial charge in [0.25, 0.3) is 0 Å². The molecule has 0 spiro atoms. The lowest BCUT2D eigenvalue weighted by Crippen LogP contribution is -2.03. The monoisotopic (exact) mass is 344 g/mol. The molecule has 20 nitrogen and oxygen atoms in total. The van der Waals surface area contributed by atoms with Gasteiger partial charge in [0.15, 0.2) is 0 Å². The second-order valence-corrected chi connectivity index (χ2v) is 3.41. The molecule has 0 aliphatic rings. The van der Waals surface area contributed by atoms with Crippen LogP contribution in [0, 0.1) is 40.5 Å². The van der Waals surface area contributed by atoms with Crippen LogP contribution in [-0.4, -0.2) is 49.4 Å². The zero-order valence-corrected chi connectivity index (χ0v) is 10.6. The number of hydrogen-bond acceptors (Lipinski definition) is 14. The van der Waals surface area contributed by atoms with E-state index in [9.17, 15) is 40.5 Å². The van der Waals surface area contributed by atoms with Gasteiger partial charge in [-0.25, -0.2) is 0 Å². The molecule has 0 N–H and O–H groups in total. The summed E-state index contributed by atoms with van der Waals surface area (Å²) in [5.74, 6) is -4.86. The third-order valence-electron chi connectivity index (χ3n) is 1.99. The Labute approximate surface area is 125 Å². The first-order chi connectivity index (χ1) is 11.2. The molecular formula is C4N12O8. The van der Waals surface area contributed by atoms with Crippen molar-refractivity contribution in [3.63, 3.8) is 0 Å². The molecule has 124 valence electrons. The number of nitro groups is 4. The maximum Gasteiger partial charge on any atom is 0.511 e. The molecule has 0 unspecified atom stereocenters. The van der Waals surface area contributed by atoms with Gasteiger partial charge in [0.05, 0.1) is 20.0 Å². The summed E-state index contributed by atoms with van der Waals surface area (Å²) < 4.78 is 0. The van der Waals surface area contributed by atoms with E-state index in [4.69, 9.17) is 0 Å². The summed E-state index contributed by atoms with van der Waals surface area (Å²) >= 11 is 0. The minimum atomic E-state index is -1.23. The summed E-state index contributed by atoms with van der Waals surface area (Å²) in [5, 5.41) is 54.2. The highest BCUT2D eigenvalue weighted by atomic mass is 16.6. The minimum absolute atomic E-state index is 0.0324. The van der Waals surface area contributed by atoms with E-state index >= 15 is 0 Å². The molecule has 0 aliphatic heterocycles. The van der Waals surface area contributed by atoms with E-state index in [-0.39, 0.29) is 9.58 Å². The van der Waals surface area contributed by atoms with Crippen LogP contribution in [0.3, 0.4) is 0 Å². The van der Waals surface area contributed by atoms with Crippen molar-refractivity contribution in [3.8, 4) is 0 Å². The molecule has 2 heterocycles. The third-order valence-corrected chi connectivity index (χ3v) is 1.99. The molecule has 0 aliphatic carbocycles. The van der Waals surface area contributed by atoms with E-state index < -0.39 is 43.5 Å². The predicted octanol–water partition coefficient (Wildman–Crippen LogP) is -0.819. The van der Waals surface area contributed by atoms with Gasteiger partial charge in [-0.15, -0.1) is 0 Å². The molecule has 0 aromatic carbocycles. The summed E-state index contributed by atoms with van der Waals surface area (Å²) in [6.45, 7) is 0. The van der Waals surface area contributed by atoms with E-state index in [0.29, 0.717) is 0 Å². The van der Waals surface area contributed by atoms with Crippen LogP contribution in [0.2, 0.25) is 0 Å². The van der Waals surface area contributed by atoms with Gasteiger partial charge < -0.3 is 40.5 Å². The molecule has 0 fully saturated rings. The Hall–Kier alpha value is -4.52. The minimum Gasteiger partial charge on any atom is -0.390 e. The van der Waals surface area contributed by atoms with Crippen molar-refractivity contribution in [1.82, 2.24) is 29.7 Å². The van der Waals surface area contributed by atoms with Crippen LogP contribution in [0.1, 0.15) is 0 Å². The fraction of sp³-hybridized carbons (Fsp3) is 0. The molecular weight excluding hydrogens is 344 g/mol. The van der Waals surface area contributed by atoms with Crippen molar-refractivity contribution in [1.29, 1.82) is 0 Å². The highest BCUT2D eigenvalue weighted by molar-refractivity contribution is 5.14. The molecule has 0 bridgehead atoms. The second-order valence-electron chi connectivity index (χ2n) is 3.41. The average Bonchev–Trinajstić information content (AvgIpc) is 3.09. The Balaban J connectivity index is 2.48. The summed E-state index contributed by atoms with van der Waals surface area (Å²) in [5.41, 5.74) is 0. The fourth-order valence-corrected chi connectivity index (χ4v) is 1.15. The molecule has 24 heavy (non-hydrogen) atoms. The molecule has 2 rings (SSSR count). The quantitative estimate of drug-likeness (QED) is 0.353. The third kappa shape index (κ3) is 2.90. The lowest BCUT2D eigenvalue weighted by atomic mass is 11.0. The summed E-state index contributed by atoms with van der Waals surface area (Å²) in [6, 6.07) is 0. The summed E-state index contributed by atoms with van der Waals surface area (Å²) in [7, 11) is 0. The Morgan fingerprint density at radius 2 is 1.00 bits per heavy atom. The van der Waals surface area contributed by atoms with Crippen LogP contribution in [0.4, 0.5) is 23.8 Å². The molecule has 2 aromatic rings. The van der Waals surface area contributed by atoms with Crippen LogP contribution in [0.25, 0.3) is 0 Å². The largest absolute Gasteiger partial charge is 0.511 e. The Bertz CT molecular complexity index is 819. The number of hydrogen-bond donors (Lipinski definition) is 0. The highest BCUT2D eigenvalue weighted by Crippen LogP contribution is 2.15. The molecule has 0 amide bonds. The van der Waals surface area contributed by atoms with Gasteiger partial charge in [0.2, 0.25) is 0 Å². The fourth-order valence-electron chi connectivity index (χ4n) is 1.15. The van der Waals surface area contributed by atoms with Crippen LogP contribution < -0.4 is 0 Å². The van der Waals surface area contributed by atoms with E-state index in [1.54, 1.807) is 0 Å². The highest BCUT2D eigenvalue weighted by Gasteiger charge is 2.32. The normalized spacial score (nSPS) is 10.8. The second kappa shape index (κ2) is 5.70. The van der Waals surface area contributed by atoms with Crippen LogP contribution in [-0.2, 0) is 0 Å². The standard InChI is InChI=1S/C4N12O8/c17-13(18)1-5-3(15(21)22)11(7-1)9-10-12-4(16(23)24)6-2(8-12)14(19)20/b10-9+. The van der Waals surface area contributed by atoms with Crippen LogP contribution in [0.15, 0.2) is 10.4 Å². The SMILES string of the molecule is O=[N+]([O-])c1nc([N+](=O)[O-])n(/N=N/n2nc([N+](=O)[O-])nc2[N+](=O)[O-])n1. The van der Waals surface area contributed by atoms with Gasteiger partial charge in [0, 0.05) is 9.97 Å². The first-order valence-corrected chi connectivity index (χ1v) is 5.14. The van der Waals surface area contributed by atoms with Gasteiger partial charge in [-0.1, -0.05) is 0 Å². The molecule has 2 aromatic heterocycles. The van der Waals surface area contributed by atoms with E-state index in [2.05, 4.69) is 30.6 Å². The number of nitrogens with zero attached hydrogens (tertiary/aromatic N) is 12. The Morgan fingerprint density at radius 3 is 1.25 bits per heavy atom. The van der Waals surface area contributed by atoms with Gasteiger partial charge in [0.1, 0.15) is 10.2 Å². The van der Waals surface area contributed by atoms with Crippen molar-refractivity contribution in [2.75, 3.05) is 0 Å². The Kier molecular flexibility index (Phi) is 3.77. The molecule has 20 heteroatoms. The van der Waals surface area contributed by atoms with Gasteiger partial charge >= 0.3 is 23.8 Å². The van der Waals surface area contributed by atoms with Gasteiger partial charge in [-0.2, -0.15) is 0 Å². The van der Waals surface area contributed by atoms with E-state index in [1.165, 1.54) is 0 Å². The lowest BCUT2D eigenvalue weighted by molar-refractivity contribution is -0.404. The van der Waals surface area contributed by atoms with Crippen molar-refractivity contribution >= 4 is 23.8 Å². The smallest absolute Gasteiger partial charge is 0.390 e. The summed E-state index contributed by atoms with van der Waals surface area (Å²) in [6.07, 6.45) is 0. The van der Waals surface area contributed by atoms with Gasteiger partial charge in [-0.05, 0) is 19.7 Å². The zero-order chi connectivity index (χ0) is 18.0. The van der Waals surface area contributed by atoms with Crippen molar-refractivity contribution in [3.05, 3.63) is 40.5 Å². The van der Waals surface area contributed by atoms with E-state index in [1.807, 2.05) is 0 Å². The van der Waals surface area contributed by atoms with Crippen molar-refractivity contribution < 1.29 is 19.7 Å². The van der Waals surface area contributed by atoms with E-state index in [0.717, 1.165) is 0 Å². The van der Waals surface area contributed by atoms with Crippen LogP contribution in [0.5, 0.6) is 0 Å². The van der Waals surface area contributed by atoms with Gasteiger partial charge in [-0.3, -0.25) is 0 Å². The number of rotatable bonds is 6. The molecule has 0 saturated heterocycles. The topological polar surface area (TPSA) is 259 Å². The first-order valence-electron chi connectivity index (χ1n) is 5.14.